The lowest BCUT2D eigenvalue weighted by Gasteiger charge is -2.39. The van der Waals surface area contributed by atoms with Gasteiger partial charge in [0.15, 0.2) is 0 Å². The predicted molar refractivity (Wildman–Crippen MR) is 145 cm³/mol. The quantitative estimate of drug-likeness (QED) is 0.251. The molecule has 3 heteroatoms. The normalized spacial score (nSPS) is 15.4. The van der Waals surface area contributed by atoms with E-state index in [4.69, 9.17) is 4.74 Å². The summed E-state index contributed by atoms with van der Waals surface area (Å²) in [5, 5.41) is 3.31. The van der Waals surface area contributed by atoms with E-state index in [1.165, 1.54) is 11.1 Å². The number of nitrogens with one attached hydrogen (secondary N) is 1. The van der Waals surface area contributed by atoms with Crippen molar-refractivity contribution >= 4 is 0 Å². The third-order valence-corrected chi connectivity index (χ3v) is 7.56. The molecule has 36 heavy (non-hydrogen) atoms. The number of rotatable bonds is 9. The van der Waals surface area contributed by atoms with Crippen LogP contribution in [0.2, 0.25) is 0 Å². The molecule has 0 saturated carbocycles. The van der Waals surface area contributed by atoms with E-state index in [2.05, 4.69) is 84.2 Å². The maximum Gasteiger partial charge on any atom is 0.120 e. The van der Waals surface area contributed by atoms with Crippen LogP contribution in [-0.4, -0.2) is 18.8 Å². The van der Waals surface area contributed by atoms with E-state index in [0.29, 0.717) is 32.3 Å². The molecule has 0 aliphatic carbocycles. The van der Waals surface area contributed by atoms with Gasteiger partial charge < -0.3 is 10.1 Å². The van der Waals surface area contributed by atoms with Gasteiger partial charge in [-0.3, -0.25) is 0 Å². The lowest BCUT2D eigenvalue weighted by Crippen LogP contribution is -2.40. The number of benzene rings is 4. The fourth-order valence-electron chi connectivity index (χ4n) is 5.51. The number of hydrogen-bond donors (Lipinski definition) is 1. The standard InChI is InChI=1S/C33H34FNO/c34-32(21-23-35-24-22-32)19-20-33(28-13-6-2-7-14-28,29-15-8-3-9-16-29)30-17-10-18-31(25-30)36-26-27-11-4-1-5-12-27/h1-18,25,35H,19-24,26H2. The molecule has 184 valence electrons. The number of ether oxygens (including phenoxy) is 1. The zero-order chi connectivity index (χ0) is 24.7. The highest BCUT2D eigenvalue weighted by molar-refractivity contribution is 5.52. The molecular formula is C33H34FNO. The Morgan fingerprint density at radius 1 is 0.694 bits per heavy atom. The number of piperidine rings is 1. The maximum atomic E-state index is 16.0. The summed E-state index contributed by atoms with van der Waals surface area (Å²) in [7, 11) is 0. The van der Waals surface area contributed by atoms with E-state index in [1.54, 1.807) is 0 Å². The van der Waals surface area contributed by atoms with Crippen LogP contribution in [0.15, 0.2) is 115 Å². The highest BCUT2D eigenvalue weighted by Gasteiger charge is 2.40. The summed E-state index contributed by atoms with van der Waals surface area (Å²) in [4.78, 5) is 0. The molecule has 1 heterocycles. The molecule has 2 nitrogen and oxygen atoms in total. The fourth-order valence-corrected chi connectivity index (χ4v) is 5.51. The van der Waals surface area contributed by atoms with Crippen LogP contribution in [0.25, 0.3) is 0 Å². The lowest BCUT2D eigenvalue weighted by molar-refractivity contribution is 0.0971. The highest BCUT2D eigenvalue weighted by Crippen LogP contribution is 2.46. The van der Waals surface area contributed by atoms with Crippen molar-refractivity contribution in [3.63, 3.8) is 0 Å². The van der Waals surface area contributed by atoms with Crippen molar-refractivity contribution in [1.82, 2.24) is 5.32 Å². The number of halogens is 1. The molecule has 0 radical (unpaired) electrons. The van der Waals surface area contributed by atoms with Gasteiger partial charge in [-0.05, 0) is 73.2 Å². The maximum absolute atomic E-state index is 16.0. The second kappa shape index (κ2) is 11.1. The van der Waals surface area contributed by atoms with Crippen LogP contribution in [0, 0.1) is 0 Å². The Kier molecular flexibility index (Phi) is 7.48. The van der Waals surface area contributed by atoms with Crippen molar-refractivity contribution in [1.29, 1.82) is 0 Å². The van der Waals surface area contributed by atoms with Crippen molar-refractivity contribution in [2.75, 3.05) is 13.1 Å². The van der Waals surface area contributed by atoms with Crippen LogP contribution in [0.3, 0.4) is 0 Å². The summed E-state index contributed by atoms with van der Waals surface area (Å²) in [6.45, 7) is 1.99. The molecule has 0 unspecified atom stereocenters. The molecular weight excluding hydrogens is 445 g/mol. The zero-order valence-corrected chi connectivity index (χ0v) is 20.7. The third-order valence-electron chi connectivity index (χ3n) is 7.56. The molecule has 4 aromatic rings. The van der Waals surface area contributed by atoms with Crippen molar-refractivity contribution in [3.05, 3.63) is 138 Å². The van der Waals surface area contributed by atoms with Gasteiger partial charge in [0.2, 0.25) is 0 Å². The van der Waals surface area contributed by atoms with Crippen molar-refractivity contribution in [3.8, 4) is 5.75 Å². The van der Waals surface area contributed by atoms with E-state index < -0.39 is 11.1 Å². The summed E-state index contributed by atoms with van der Waals surface area (Å²) in [5.74, 6) is 0.824. The van der Waals surface area contributed by atoms with E-state index in [-0.39, 0.29) is 0 Å². The van der Waals surface area contributed by atoms with Gasteiger partial charge in [-0.1, -0.05) is 103 Å². The molecule has 0 aromatic heterocycles. The summed E-state index contributed by atoms with van der Waals surface area (Å²) >= 11 is 0. The Balaban J connectivity index is 1.56. The Bertz CT molecular complexity index is 1180. The first kappa shape index (κ1) is 24.3. The minimum atomic E-state index is -1.15. The second-order valence-corrected chi connectivity index (χ2v) is 9.84. The molecule has 1 saturated heterocycles. The lowest BCUT2D eigenvalue weighted by atomic mass is 9.65. The number of alkyl halides is 1. The predicted octanol–water partition coefficient (Wildman–Crippen LogP) is 7.47. The first-order valence-corrected chi connectivity index (χ1v) is 13.0. The Morgan fingerprint density at radius 3 is 1.86 bits per heavy atom. The monoisotopic (exact) mass is 479 g/mol. The third kappa shape index (κ3) is 5.37. The molecule has 1 fully saturated rings. The van der Waals surface area contributed by atoms with Gasteiger partial charge in [0.25, 0.3) is 0 Å². The van der Waals surface area contributed by atoms with Gasteiger partial charge in [0.05, 0.1) is 0 Å². The van der Waals surface area contributed by atoms with Crippen molar-refractivity contribution in [2.45, 2.75) is 43.4 Å². The van der Waals surface area contributed by atoms with E-state index >= 15 is 4.39 Å². The SMILES string of the molecule is FC1(CCC(c2ccccc2)(c2ccccc2)c2cccc(OCc3ccccc3)c2)CCNCC1. The summed E-state index contributed by atoms with van der Waals surface area (Å²) in [6.07, 6.45) is 2.31. The van der Waals surface area contributed by atoms with E-state index in [9.17, 15) is 0 Å². The molecule has 5 rings (SSSR count). The average Bonchev–Trinajstić information content (AvgIpc) is 2.95. The van der Waals surface area contributed by atoms with Crippen LogP contribution < -0.4 is 10.1 Å². The van der Waals surface area contributed by atoms with Gasteiger partial charge in [-0.2, -0.15) is 0 Å². The zero-order valence-electron chi connectivity index (χ0n) is 20.7. The summed E-state index contributed by atoms with van der Waals surface area (Å²) < 4.78 is 22.2. The second-order valence-electron chi connectivity index (χ2n) is 9.84. The van der Waals surface area contributed by atoms with Crippen LogP contribution in [0.5, 0.6) is 5.75 Å². The minimum Gasteiger partial charge on any atom is -0.489 e. The van der Waals surface area contributed by atoms with Crippen LogP contribution in [0.4, 0.5) is 4.39 Å². The van der Waals surface area contributed by atoms with Crippen molar-refractivity contribution < 1.29 is 9.13 Å². The molecule has 0 spiro atoms. The van der Waals surface area contributed by atoms with Gasteiger partial charge in [0.1, 0.15) is 18.0 Å². The van der Waals surface area contributed by atoms with Crippen LogP contribution >= 0.6 is 0 Å². The van der Waals surface area contributed by atoms with Gasteiger partial charge in [-0.25, -0.2) is 4.39 Å². The first-order chi connectivity index (χ1) is 17.7. The molecule has 1 N–H and O–H groups in total. The fraction of sp³-hybridized carbons (Fsp3) is 0.273. The molecule has 0 atom stereocenters. The van der Waals surface area contributed by atoms with Crippen molar-refractivity contribution in [2.24, 2.45) is 0 Å². The van der Waals surface area contributed by atoms with Gasteiger partial charge in [0, 0.05) is 5.41 Å². The molecule has 0 amide bonds. The highest BCUT2D eigenvalue weighted by atomic mass is 19.1. The molecule has 1 aliphatic heterocycles. The van der Waals surface area contributed by atoms with E-state index in [1.807, 2.05) is 36.4 Å². The van der Waals surface area contributed by atoms with Crippen LogP contribution in [-0.2, 0) is 12.0 Å². The summed E-state index contributed by atoms with van der Waals surface area (Å²) in [5.41, 5.74) is 2.97. The summed E-state index contributed by atoms with van der Waals surface area (Å²) in [6, 6.07) is 39.7. The first-order valence-electron chi connectivity index (χ1n) is 13.0. The van der Waals surface area contributed by atoms with Gasteiger partial charge >= 0.3 is 0 Å². The van der Waals surface area contributed by atoms with Crippen LogP contribution in [0.1, 0.15) is 47.9 Å². The Labute approximate surface area is 214 Å². The average molecular weight is 480 g/mol. The smallest absolute Gasteiger partial charge is 0.120 e. The Morgan fingerprint density at radius 2 is 1.25 bits per heavy atom. The van der Waals surface area contributed by atoms with Gasteiger partial charge in [-0.15, -0.1) is 0 Å². The van der Waals surface area contributed by atoms with E-state index in [0.717, 1.165) is 30.0 Å². The Hall–Kier alpha value is -3.43. The topological polar surface area (TPSA) is 21.3 Å². The molecule has 0 bridgehead atoms. The molecule has 4 aromatic carbocycles. The minimum absolute atomic E-state index is 0.487. The molecule has 1 aliphatic rings. The number of hydrogen-bond acceptors (Lipinski definition) is 2. The largest absolute Gasteiger partial charge is 0.489 e.